The Morgan fingerprint density at radius 3 is 2.59 bits per heavy atom. The number of nitrogens with zero attached hydrogens (tertiary/aromatic N) is 1. The van der Waals surface area contributed by atoms with Gasteiger partial charge in [-0.15, -0.1) is 0 Å². The normalized spacial score (nSPS) is 18.6. The van der Waals surface area contributed by atoms with Crippen molar-refractivity contribution in [3.8, 4) is 0 Å². The van der Waals surface area contributed by atoms with Gasteiger partial charge in [-0.2, -0.15) is 0 Å². The van der Waals surface area contributed by atoms with E-state index in [-0.39, 0.29) is 11.6 Å². The summed E-state index contributed by atoms with van der Waals surface area (Å²) >= 11 is 1.88. The number of hydrogen-bond donors (Lipinski definition) is 1. The molecule has 0 aromatic heterocycles. The molecule has 17 heavy (non-hydrogen) atoms. The third-order valence-corrected chi connectivity index (χ3v) is 3.99. The number of benzene rings is 1. The molecular weight excluding hydrogens is 337 g/mol. The van der Waals surface area contributed by atoms with E-state index in [1.165, 1.54) is 12.1 Å². The Labute approximate surface area is 113 Å². The van der Waals surface area contributed by atoms with Crippen molar-refractivity contribution in [1.29, 1.82) is 0 Å². The first-order valence-corrected chi connectivity index (χ1v) is 6.76. The molecule has 5 heteroatoms. The summed E-state index contributed by atoms with van der Waals surface area (Å²) in [7, 11) is 0. The number of rotatable bonds is 2. The van der Waals surface area contributed by atoms with Crippen molar-refractivity contribution >= 4 is 22.6 Å². The second-order valence-electron chi connectivity index (χ2n) is 4.44. The molecule has 0 bridgehead atoms. The zero-order valence-electron chi connectivity index (χ0n) is 9.43. The van der Waals surface area contributed by atoms with E-state index < -0.39 is 11.6 Å². The van der Waals surface area contributed by atoms with Gasteiger partial charge in [0.1, 0.15) is 11.6 Å². The van der Waals surface area contributed by atoms with Crippen LogP contribution >= 0.6 is 22.6 Å². The summed E-state index contributed by atoms with van der Waals surface area (Å²) in [4.78, 5) is 2.06. The van der Waals surface area contributed by atoms with Crippen LogP contribution in [0.2, 0.25) is 0 Å². The minimum atomic E-state index is -0.460. The summed E-state index contributed by atoms with van der Waals surface area (Å²) in [6.07, 6.45) is 1.79. The molecule has 0 saturated carbocycles. The van der Waals surface area contributed by atoms with E-state index in [4.69, 9.17) is 5.73 Å². The second kappa shape index (κ2) is 5.58. The molecule has 1 aromatic rings. The first kappa shape index (κ1) is 13.2. The Bertz CT molecular complexity index is 404. The standard InChI is InChI=1S/C12H15F2IN2/c13-10-1-2-11(15)12(14)9(10)7-17-5-3-8(16)4-6-17/h1-2,8H,3-7,16H2. The molecular formula is C12H15F2IN2. The molecule has 1 heterocycles. The molecule has 1 fully saturated rings. The van der Waals surface area contributed by atoms with Crippen LogP contribution in [-0.2, 0) is 6.54 Å². The van der Waals surface area contributed by atoms with Crippen LogP contribution in [0.5, 0.6) is 0 Å². The molecule has 2 rings (SSSR count). The molecule has 1 saturated heterocycles. The molecule has 0 aliphatic carbocycles. The molecule has 2 nitrogen and oxygen atoms in total. The smallest absolute Gasteiger partial charge is 0.143 e. The maximum atomic E-state index is 13.8. The van der Waals surface area contributed by atoms with Crippen LogP contribution in [-0.4, -0.2) is 24.0 Å². The highest BCUT2D eigenvalue weighted by atomic mass is 127. The molecule has 0 unspecified atom stereocenters. The molecule has 1 aromatic carbocycles. The van der Waals surface area contributed by atoms with Gasteiger partial charge in [0.2, 0.25) is 0 Å². The van der Waals surface area contributed by atoms with E-state index in [0.717, 1.165) is 25.9 Å². The summed E-state index contributed by atoms with van der Waals surface area (Å²) in [6, 6.07) is 3.02. The summed E-state index contributed by atoms with van der Waals surface area (Å²) in [5.41, 5.74) is 5.97. The van der Waals surface area contributed by atoms with Crippen molar-refractivity contribution in [1.82, 2.24) is 4.90 Å². The lowest BCUT2D eigenvalue weighted by Gasteiger charge is -2.30. The summed E-state index contributed by atoms with van der Waals surface area (Å²) in [5, 5.41) is 0. The quantitative estimate of drug-likeness (QED) is 0.655. The van der Waals surface area contributed by atoms with Gasteiger partial charge in [0.25, 0.3) is 0 Å². The van der Waals surface area contributed by atoms with Crippen molar-refractivity contribution in [2.45, 2.75) is 25.4 Å². The van der Waals surface area contributed by atoms with Crippen molar-refractivity contribution in [2.24, 2.45) is 5.73 Å². The van der Waals surface area contributed by atoms with E-state index in [2.05, 4.69) is 4.90 Å². The van der Waals surface area contributed by atoms with E-state index in [1.807, 2.05) is 22.6 Å². The maximum absolute atomic E-state index is 13.8. The van der Waals surface area contributed by atoms with Crippen LogP contribution in [0.3, 0.4) is 0 Å². The lowest BCUT2D eigenvalue weighted by molar-refractivity contribution is 0.201. The molecule has 0 amide bonds. The van der Waals surface area contributed by atoms with Crippen LogP contribution in [0.15, 0.2) is 12.1 Å². The Balaban J connectivity index is 2.11. The highest BCUT2D eigenvalue weighted by molar-refractivity contribution is 14.1. The number of likely N-dealkylation sites (tertiary alicyclic amines) is 1. The number of nitrogens with two attached hydrogens (primary N) is 1. The van der Waals surface area contributed by atoms with Crippen LogP contribution in [0.4, 0.5) is 8.78 Å². The molecule has 1 aliphatic heterocycles. The van der Waals surface area contributed by atoms with Crippen molar-refractivity contribution in [3.63, 3.8) is 0 Å². The molecule has 0 spiro atoms. The van der Waals surface area contributed by atoms with Crippen molar-refractivity contribution < 1.29 is 8.78 Å². The van der Waals surface area contributed by atoms with Crippen molar-refractivity contribution in [3.05, 3.63) is 32.9 Å². The maximum Gasteiger partial charge on any atom is 0.143 e. The highest BCUT2D eigenvalue weighted by Crippen LogP contribution is 2.21. The van der Waals surface area contributed by atoms with Gasteiger partial charge in [0.05, 0.1) is 0 Å². The van der Waals surface area contributed by atoms with E-state index >= 15 is 0 Å². The number of piperidine rings is 1. The van der Waals surface area contributed by atoms with Crippen LogP contribution in [0.1, 0.15) is 18.4 Å². The number of hydrogen-bond acceptors (Lipinski definition) is 2. The zero-order chi connectivity index (χ0) is 12.4. The lowest BCUT2D eigenvalue weighted by Crippen LogP contribution is -2.39. The third-order valence-electron chi connectivity index (χ3n) is 3.15. The fourth-order valence-electron chi connectivity index (χ4n) is 2.05. The Kier molecular flexibility index (Phi) is 4.32. The van der Waals surface area contributed by atoms with Crippen LogP contribution in [0, 0.1) is 15.2 Å². The summed E-state index contributed by atoms with van der Waals surface area (Å²) < 4.78 is 27.8. The minimum absolute atomic E-state index is 0.173. The fraction of sp³-hybridized carbons (Fsp3) is 0.500. The van der Waals surface area contributed by atoms with Gasteiger partial charge in [-0.25, -0.2) is 8.78 Å². The largest absolute Gasteiger partial charge is 0.328 e. The highest BCUT2D eigenvalue weighted by Gasteiger charge is 2.20. The van der Waals surface area contributed by atoms with E-state index in [0.29, 0.717) is 10.1 Å². The van der Waals surface area contributed by atoms with Gasteiger partial charge < -0.3 is 5.73 Å². The first-order chi connectivity index (χ1) is 8.08. The van der Waals surface area contributed by atoms with E-state index in [9.17, 15) is 8.78 Å². The van der Waals surface area contributed by atoms with E-state index in [1.54, 1.807) is 0 Å². The average molecular weight is 352 g/mol. The minimum Gasteiger partial charge on any atom is -0.328 e. The Morgan fingerprint density at radius 1 is 1.29 bits per heavy atom. The molecule has 0 atom stereocenters. The van der Waals surface area contributed by atoms with Gasteiger partial charge in [-0.1, -0.05) is 0 Å². The van der Waals surface area contributed by atoms with Gasteiger partial charge in [-0.3, -0.25) is 4.90 Å². The predicted octanol–water partition coefficient (Wildman–Crippen LogP) is 2.49. The van der Waals surface area contributed by atoms with Crippen molar-refractivity contribution in [2.75, 3.05) is 13.1 Å². The Morgan fingerprint density at radius 2 is 1.94 bits per heavy atom. The summed E-state index contributed by atoms with van der Waals surface area (Å²) in [6.45, 7) is 1.96. The van der Waals surface area contributed by atoms with Gasteiger partial charge >= 0.3 is 0 Å². The van der Waals surface area contributed by atoms with Crippen LogP contribution in [0.25, 0.3) is 0 Å². The average Bonchev–Trinajstić information content (AvgIpc) is 2.32. The molecule has 94 valence electrons. The SMILES string of the molecule is NC1CCN(Cc2c(F)ccc(I)c2F)CC1. The monoisotopic (exact) mass is 352 g/mol. The molecule has 0 radical (unpaired) electrons. The zero-order valence-corrected chi connectivity index (χ0v) is 11.6. The van der Waals surface area contributed by atoms with Gasteiger partial charge in [0.15, 0.2) is 0 Å². The Hall–Kier alpha value is -0.270. The second-order valence-corrected chi connectivity index (χ2v) is 5.60. The molecule has 1 aliphatic rings. The predicted molar refractivity (Wildman–Crippen MR) is 71.6 cm³/mol. The van der Waals surface area contributed by atoms with Gasteiger partial charge in [0, 0.05) is 21.7 Å². The first-order valence-electron chi connectivity index (χ1n) is 5.68. The topological polar surface area (TPSA) is 29.3 Å². The third kappa shape index (κ3) is 3.14. The van der Waals surface area contributed by atoms with Gasteiger partial charge in [-0.05, 0) is 60.7 Å². The fourth-order valence-corrected chi connectivity index (χ4v) is 2.55. The lowest BCUT2D eigenvalue weighted by atomic mass is 10.1. The summed E-state index contributed by atoms with van der Waals surface area (Å²) in [5.74, 6) is -0.891. The number of halogens is 3. The molecule has 2 N–H and O–H groups in total. The van der Waals surface area contributed by atoms with Crippen LogP contribution < -0.4 is 5.73 Å².